The number of carbonyl (C=O) groups excluding carboxylic acids is 2. The molecule has 1 unspecified atom stereocenters. The molecule has 2 aliphatic rings. The van der Waals surface area contributed by atoms with Gasteiger partial charge in [-0.25, -0.2) is 0 Å². The van der Waals surface area contributed by atoms with Crippen molar-refractivity contribution in [1.29, 1.82) is 0 Å². The Bertz CT molecular complexity index is 610. The lowest BCUT2D eigenvalue weighted by Crippen LogP contribution is -2.46. The highest BCUT2D eigenvalue weighted by Crippen LogP contribution is 2.32. The van der Waals surface area contributed by atoms with Crippen molar-refractivity contribution < 1.29 is 14.3 Å². The highest BCUT2D eigenvalue weighted by Gasteiger charge is 2.36. The Hall–Kier alpha value is -2.04. The highest BCUT2D eigenvalue weighted by molar-refractivity contribution is 5.83. The first kappa shape index (κ1) is 18.7. The number of piperidine rings is 1. The van der Waals surface area contributed by atoms with Gasteiger partial charge in [-0.05, 0) is 57.6 Å². The number of aryl methyl sites for hydroxylation is 1. The summed E-state index contributed by atoms with van der Waals surface area (Å²) in [5.74, 6) is 1.44. The van der Waals surface area contributed by atoms with E-state index in [1.807, 2.05) is 29.2 Å². The predicted molar refractivity (Wildman–Crippen MR) is 101 cm³/mol. The van der Waals surface area contributed by atoms with Crippen LogP contribution in [0.15, 0.2) is 24.3 Å². The predicted octanol–water partition coefficient (Wildman–Crippen LogP) is 2.92. The van der Waals surface area contributed by atoms with Crippen molar-refractivity contribution in [3.8, 4) is 5.75 Å². The molecule has 1 atom stereocenters. The van der Waals surface area contributed by atoms with Gasteiger partial charge in [0.05, 0.1) is 12.5 Å². The summed E-state index contributed by atoms with van der Waals surface area (Å²) in [6.45, 7) is 4.79. The molecule has 1 aromatic rings. The third kappa shape index (κ3) is 5.48. The van der Waals surface area contributed by atoms with Gasteiger partial charge in [-0.15, -0.1) is 0 Å². The van der Waals surface area contributed by atoms with E-state index in [0.717, 1.165) is 50.8 Å². The van der Waals surface area contributed by atoms with Crippen molar-refractivity contribution in [3.05, 3.63) is 29.8 Å². The van der Waals surface area contributed by atoms with E-state index in [0.29, 0.717) is 19.7 Å². The molecular weight excluding hydrogens is 328 g/mol. The van der Waals surface area contributed by atoms with E-state index < -0.39 is 0 Å². The van der Waals surface area contributed by atoms with Gasteiger partial charge >= 0.3 is 0 Å². The summed E-state index contributed by atoms with van der Waals surface area (Å²) in [5.41, 5.74) is 1.22. The maximum atomic E-state index is 12.4. The second kappa shape index (κ2) is 9.06. The summed E-state index contributed by atoms with van der Waals surface area (Å²) < 4.78 is 5.70. The third-order valence-electron chi connectivity index (χ3n) is 5.19. The normalized spacial score (nSPS) is 19.9. The highest BCUT2D eigenvalue weighted by atomic mass is 16.5. The van der Waals surface area contributed by atoms with E-state index in [4.69, 9.17) is 4.74 Å². The van der Waals surface area contributed by atoms with Gasteiger partial charge in [-0.1, -0.05) is 17.7 Å². The molecule has 0 radical (unpaired) electrons. The Balaban J connectivity index is 1.28. The van der Waals surface area contributed by atoms with Crippen LogP contribution in [0.5, 0.6) is 5.75 Å². The smallest absolute Gasteiger partial charge is 0.225 e. The maximum Gasteiger partial charge on any atom is 0.225 e. The molecule has 1 saturated heterocycles. The van der Waals surface area contributed by atoms with Crippen LogP contribution in [0.25, 0.3) is 0 Å². The van der Waals surface area contributed by atoms with Gasteiger partial charge in [-0.2, -0.15) is 0 Å². The van der Waals surface area contributed by atoms with Crippen LogP contribution >= 0.6 is 0 Å². The fraction of sp³-hybridized carbons (Fsp3) is 0.619. The average molecular weight is 358 g/mol. The number of carbonyl (C=O) groups is 2. The van der Waals surface area contributed by atoms with E-state index in [2.05, 4.69) is 12.2 Å². The summed E-state index contributed by atoms with van der Waals surface area (Å²) in [5, 5.41) is 3.03. The molecule has 1 N–H and O–H groups in total. The number of hydrogen-bond donors (Lipinski definition) is 1. The number of ether oxygens (including phenoxy) is 1. The standard InChI is InChI=1S/C21H30N2O3/c1-16-6-10-19(11-7-16)26-14-3-2-12-22-20(24)18-5-4-13-23(15-18)21(25)17-8-9-17/h6-7,10-11,17-18H,2-5,8-9,12-15H2,1H3,(H,22,24). The number of rotatable bonds is 8. The van der Waals surface area contributed by atoms with Crippen LogP contribution < -0.4 is 10.1 Å². The SMILES string of the molecule is Cc1ccc(OCCCCNC(=O)C2CCCN(C(=O)C3CC3)C2)cc1. The summed E-state index contributed by atoms with van der Waals surface area (Å²) in [6.07, 6.45) is 5.67. The van der Waals surface area contributed by atoms with Crippen LogP contribution in [-0.2, 0) is 9.59 Å². The molecule has 5 nitrogen and oxygen atoms in total. The molecule has 1 aliphatic carbocycles. The molecular formula is C21H30N2O3. The van der Waals surface area contributed by atoms with Gasteiger partial charge in [-0.3, -0.25) is 9.59 Å². The Morgan fingerprint density at radius 1 is 1.12 bits per heavy atom. The van der Waals surface area contributed by atoms with Gasteiger partial charge < -0.3 is 15.0 Å². The molecule has 0 bridgehead atoms. The van der Waals surface area contributed by atoms with Gasteiger partial charge in [0.25, 0.3) is 0 Å². The molecule has 2 amide bonds. The van der Waals surface area contributed by atoms with Crippen LogP contribution in [0.1, 0.15) is 44.1 Å². The lowest BCUT2D eigenvalue weighted by molar-refractivity contribution is -0.136. The van der Waals surface area contributed by atoms with Gasteiger partial charge in [0, 0.05) is 25.6 Å². The third-order valence-corrected chi connectivity index (χ3v) is 5.19. The van der Waals surface area contributed by atoms with Crippen LogP contribution in [0.2, 0.25) is 0 Å². The molecule has 26 heavy (non-hydrogen) atoms. The molecule has 3 rings (SSSR count). The lowest BCUT2D eigenvalue weighted by atomic mass is 9.96. The van der Waals surface area contributed by atoms with Crippen molar-refractivity contribution in [1.82, 2.24) is 10.2 Å². The molecule has 1 aliphatic heterocycles. The summed E-state index contributed by atoms with van der Waals surface area (Å²) in [7, 11) is 0. The quantitative estimate of drug-likeness (QED) is 0.727. The maximum absolute atomic E-state index is 12.4. The van der Waals surface area contributed by atoms with Gasteiger partial charge in [0.2, 0.25) is 11.8 Å². The zero-order valence-corrected chi connectivity index (χ0v) is 15.7. The van der Waals surface area contributed by atoms with Crippen molar-refractivity contribution in [2.75, 3.05) is 26.2 Å². The van der Waals surface area contributed by atoms with E-state index >= 15 is 0 Å². The number of amides is 2. The minimum absolute atomic E-state index is 0.0461. The molecule has 1 aromatic carbocycles. The number of nitrogens with one attached hydrogen (secondary N) is 1. The minimum Gasteiger partial charge on any atom is -0.494 e. The second-order valence-corrected chi connectivity index (χ2v) is 7.56. The lowest BCUT2D eigenvalue weighted by Gasteiger charge is -2.32. The van der Waals surface area contributed by atoms with E-state index in [9.17, 15) is 9.59 Å². The van der Waals surface area contributed by atoms with Crippen molar-refractivity contribution in [2.45, 2.75) is 45.4 Å². The van der Waals surface area contributed by atoms with Crippen LogP contribution in [0, 0.1) is 18.8 Å². The first-order valence-corrected chi connectivity index (χ1v) is 9.89. The fourth-order valence-corrected chi connectivity index (χ4v) is 3.39. The van der Waals surface area contributed by atoms with Crippen molar-refractivity contribution >= 4 is 11.8 Å². The topological polar surface area (TPSA) is 58.6 Å². The average Bonchev–Trinajstić information content (AvgIpc) is 3.50. The largest absolute Gasteiger partial charge is 0.494 e. The van der Waals surface area contributed by atoms with Crippen molar-refractivity contribution in [2.24, 2.45) is 11.8 Å². The second-order valence-electron chi connectivity index (χ2n) is 7.56. The Morgan fingerprint density at radius 3 is 2.62 bits per heavy atom. The Kier molecular flexibility index (Phi) is 6.53. The number of hydrogen-bond acceptors (Lipinski definition) is 3. The van der Waals surface area contributed by atoms with Gasteiger partial charge in [0.1, 0.15) is 5.75 Å². The van der Waals surface area contributed by atoms with E-state index in [1.165, 1.54) is 5.56 Å². The Morgan fingerprint density at radius 2 is 1.88 bits per heavy atom. The first-order valence-electron chi connectivity index (χ1n) is 9.89. The molecule has 2 fully saturated rings. The van der Waals surface area contributed by atoms with Crippen LogP contribution in [0.3, 0.4) is 0 Å². The fourth-order valence-electron chi connectivity index (χ4n) is 3.39. The number of nitrogens with zero attached hydrogens (tertiary/aromatic N) is 1. The van der Waals surface area contributed by atoms with Crippen LogP contribution in [0.4, 0.5) is 0 Å². The Labute approximate surface area is 156 Å². The van der Waals surface area contributed by atoms with Crippen LogP contribution in [-0.4, -0.2) is 43.0 Å². The van der Waals surface area contributed by atoms with Gasteiger partial charge in [0.15, 0.2) is 0 Å². The summed E-state index contributed by atoms with van der Waals surface area (Å²) in [4.78, 5) is 26.4. The van der Waals surface area contributed by atoms with E-state index in [1.54, 1.807) is 0 Å². The molecule has 5 heteroatoms. The zero-order valence-electron chi connectivity index (χ0n) is 15.7. The molecule has 142 valence electrons. The molecule has 0 aromatic heterocycles. The molecule has 1 saturated carbocycles. The minimum atomic E-state index is -0.0461. The number of unbranched alkanes of at least 4 members (excludes halogenated alkanes) is 1. The van der Waals surface area contributed by atoms with Crippen molar-refractivity contribution in [3.63, 3.8) is 0 Å². The number of likely N-dealkylation sites (tertiary alicyclic amines) is 1. The monoisotopic (exact) mass is 358 g/mol. The molecule has 0 spiro atoms. The van der Waals surface area contributed by atoms with E-state index in [-0.39, 0.29) is 23.7 Å². The molecule has 1 heterocycles. The zero-order chi connectivity index (χ0) is 18.4. The summed E-state index contributed by atoms with van der Waals surface area (Å²) in [6, 6.07) is 8.04. The first-order chi connectivity index (χ1) is 12.6. The number of benzene rings is 1. The summed E-state index contributed by atoms with van der Waals surface area (Å²) >= 11 is 0.